The van der Waals surface area contributed by atoms with E-state index in [1.807, 2.05) is 0 Å². The maximum absolute atomic E-state index is 2.38. The minimum atomic E-state index is -0.185. The van der Waals surface area contributed by atoms with E-state index in [2.05, 4.69) is 88.4 Å². The van der Waals surface area contributed by atoms with E-state index in [0.29, 0.717) is 0 Å². The van der Waals surface area contributed by atoms with E-state index in [4.69, 9.17) is 0 Å². The van der Waals surface area contributed by atoms with Crippen molar-refractivity contribution in [1.82, 2.24) is 0 Å². The smallest absolute Gasteiger partial charge is 0.00207 e. The fourth-order valence-electron chi connectivity index (χ4n) is 3.12. The van der Waals surface area contributed by atoms with E-state index in [0.717, 1.165) is 0 Å². The molecule has 0 N–H and O–H groups in total. The average molecular weight is 326 g/mol. The predicted octanol–water partition coefficient (Wildman–Crippen LogP) is 7.50. The minimum Gasteiger partial charge on any atom is -0.0642 e. The van der Waals surface area contributed by atoms with Crippen molar-refractivity contribution >= 4 is 14.4 Å². The Morgan fingerprint density at radius 3 is 1.59 bits per heavy atom. The molecule has 0 spiro atoms. The molecule has 0 radical (unpaired) electrons. The van der Waals surface area contributed by atoms with Crippen LogP contribution in [0.1, 0.15) is 38.3 Å². The van der Waals surface area contributed by atoms with E-state index in [1.165, 1.54) is 6.42 Å². The largest absolute Gasteiger partial charge is 0.0642 e. The Labute approximate surface area is 136 Å². The normalized spacial score (nSPS) is 13.5. The lowest BCUT2D eigenvalue weighted by atomic mass is 9.93. The van der Waals surface area contributed by atoms with Crippen molar-refractivity contribution in [3.05, 3.63) is 71.3 Å². The lowest BCUT2D eigenvalue weighted by Gasteiger charge is -2.35. The minimum absolute atomic E-state index is 0.155. The Bertz CT molecular complexity index is 740. The first kappa shape index (κ1) is 15.7. The van der Waals surface area contributed by atoms with Gasteiger partial charge in [-0.25, -0.2) is 0 Å². The Hall–Kier alpha value is -1.22. The second-order valence-corrected chi connectivity index (χ2v) is 12.4. The second-order valence-electron chi connectivity index (χ2n) is 6.69. The van der Waals surface area contributed by atoms with Crippen molar-refractivity contribution in [2.45, 2.75) is 39.5 Å². The topological polar surface area (TPSA) is 0 Å². The third-order valence-electron chi connectivity index (χ3n) is 3.99. The van der Waals surface area contributed by atoms with E-state index in [1.54, 1.807) is 21.2 Å². The molecule has 1 aromatic heterocycles. The van der Waals surface area contributed by atoms with Gasteiger partial charge in [-0.2, -0.15) is 0 Å². The van der Waals surface area contributed by atoms with Crippen LogP contribution in [0.5, 0.6) is 0 Å². The van der Waals surface area contributed by atoms with Crippen molar-refractivity contribution in [1.29, 1.82) is 0 Å². The molecule has 3 rings (SSSR count). The van der Waals surface area contributed by atoms with Gasteiger partial charge in [0.2, 0.25) is 0 Å². The van der Waals surface area contributed by atoms with Crippen LogP contribution in [0.4, 0.5) is 0 Å². The summed E-state index contributed by atoms with van der Waals surface area (Å²) in [6.07, 6.45) is 1.19. The lowest BCUT2D eigenvalue weighted by molar-refractivity contribution is 0.598. The van der Waals surface area contributed by atoms with Crippen molar-refractivity contribution in [2.75, 3.05) is 0 Å². The van der Waals surface area contributed by atoms with Gasteiger partial charge in [-0.15, -0.1) is 0 Å². The molecule has 2 aromatic carbocycles. The summed E-state index contributed by atoms with van der Waals surface area (Å²) in [6, 6.07) is 22.4. The molecule has 0 fully saturated rings. The summed E-state index contributed by atoms with van der Waals surface area (Å²) in [5, 5.41) is 6.58. The predicted molar refractivity (Wildman–Crippen MR) is 103 cm³/mol. The molecule has 114 valence electrons. The van der Waals surface area contributed by atoms with Gasteiger partial charge in [0.1, 0.15) is 0 Å². The third kappa shape index (κ3) is 2.71. The van der Waals surface area contributed by atoms with Gasteiger partial charge < -0.3 is 0 Å². The molecule has 2 unspecified atom stereocenters. The molecule has 0 bridgehead atoms. The van der Waals surface area contributed by atoms with E-state index in [-0.39, 0.29) is 19.8 Å². The SMILES string of the molecule is CCc1c(C(C)(C)C)p(-c2ccccc2)p1-c1ccccc1. The van der Waals surface area contributed by atoms with E-state index in [9.17, 15) is 0 Å². The summed E-state index contributed by atoms with van der Waals surface area (Å²) >= 11 is 0. The zero-order valence-corrected chi connectivity index (χ0v) is 15.7. The summed E-state index contributed by atoms with van der Waals surface area (Å²) in [5.41, 5.74) is 0.278. The zero-order chi connectivity index (χ0) is 15.7. The van der Waals surface area contributed by atoms with Gasteiger partial charge in [-0.3, -0.25) is 0 Å². The molecule has 2 atom stereocenters. The molecular formula is C20H24P2. The highest BCUT2D eigenvalue weighted by Crippen LogP contribution is 2.74. The van der Waals surface area contributed by atoms with Gasteiger partial charge >= 0.3 is 0 Å². The van der Waals surface area contributed by atoms with Crippen LogP contribution >= 0.6 is 14.4 Å². The van der Waals surface area contributed by atoms with Crippen molar-refractivity contribution in [3.63, 3.8) is 0 Å². The monoisotopic (exact) mass is 326 g/mol. The van der Waals surface area contributed by atoms with Crippen molar-refractivity contribution in [3.8, 4) is 10.6 Å². The zero-order valence-electron chi connectivity index (χ0n) is 13.9. The van der Waals surface area contributed by atoms with Crippen LogP contribution in [0.3, 0.4) is 0 Å². The van der Waals surface area contributed by atoms with Gasteiger partial charge in [-0.1, -0.05) is 103 Å². The van der Waals surface area contributed by atoms with Crippen molar-refractivity contribution < 1.29 is 0 Å². The molecule has 0 nitrogen and oxygen atoms in total. The van der Waals surface area contributed by atoms with E-state index < -0.39 is 0 Å². The first-order valence-corrected chi connectivity index (χ1v) is 11.4. The second kappa shape index (κ2) is 6.11. The van der Waals surface area contributed by atoms with Crippen LogP contribution in [-0.2, 0) is 11.8 Å². The number of hydrogen-bond donors (Lipinski definition) is 0. The summed E-state index contributed by atoms with van der Waals surface area (Å²) in [7, 11) is -0.340. The molecule has 22 heavy (non-hydrogen) atoms. The summed E-state index contributed by atoms with van der Waals surface area (Å²) in [4.78, 5) is 0. The highest BCUT2D eigenvalue weighted by molar-refractivity contribution is 8.17. The molecular weight excluding hydrogens is 302 g/mol. The number of rotatable bonds is 3. The first-order chi connectivity index (χ1) is 10.5. The fraction of sp³-hybridized carbons (Fsp3) is 0.300. The van der Waals surface area contributed by atoms with Gasteiger partial charge in [0.25, 0.3) is 0 Å². The van der Waals surface area contributed by atoms with Gasteiger partial charge in [0, 0.05) is 10.6 Å². The fourth-order valence-corrected chi connectivity index (χ4v) is 12.8. The van der Waals surface area contributed by atoms with Crippen LogP contribution in [-0.4, -0.2) is 0 Å². The number of hydrogen-bond acceptors (Lipinski definition) is 0. The Morgan fingerprint density at radius 1 is 0.727 bits per heavy atom. The standard InChI is InChI=1S/C20H24P2/c1-5-18-19(20(2,3)4)22(17-14-10-7-11-15-17)21(18)16-12-8-6-9-13-16/h6-15H,5H2,1-4H3. The molecule has 1 heterocycles. The van der Waals surface area contributed by atoms with Crippen LogP contribution < -0.4 is 0 Å². The van der Waals surface area contributed by atoms with Crippen molar-refractivity contribution in [2.24, 2.45) is 0 Å². The first-order valence-electron chi connectivity index (χ1n) is 7.98. The van der Waals surface area contributed by atoms with Gasteiger partial charge in [0.05, 0.1) is 0 Å². The average Bonchev–Trinajstić information content (AvgIpc) is 2.47. The van der Waals surface area contributed by atoms with Crippen LogP contribution in [0, 0.1) is 0 Å². The van der Waals surface area contributed by atoms with Crippen LogP contribution in [0.25, 0.3) is 10.6 Å². The molecule has 0 saturated carbocycles. The summed E-state index contributed by atoms with van der Waals surface area (Å²) in [5.74, 6) is 0. The maximum atomic E-state index is 2.38. The molecule has 0 amide bonds. The molecule has 3 aromatic rings. The highest BCUT2D eigenvalue weighted by Gasteiger charge is 2.31. The highest BCUT2D eigenvalue weighted by atomic mass is 31.9. The van der Waals surface area contributed by atoms with Gasteiger partial charge in [0.15, 0.2) is 0 Å². The molecule has 2 heteroatoms. The number of benzene rings is 2. The lowest BCUT2D eigenvalue weighted by Crippen LogP contribution is -2.14. The summed E-state index contributed by atoms with van der Waals surface area (Å²) in [6.45, 7) is 9.48. The quantitative estimate of drug-likeness (QED) is 0.467. The Balaban J connectivity index is 2.26. The van der Waals surface area contributed by atoms with Gasteiger partial charge in [-0.05, 0) is 22.4 Å². The molecule has 0 aliphatic carbocycles. The van der Waals surface area contributed by atoms with Crippen LogP contribution in [0.15, 0.2) is 60.7 Å². The molecule has 0 aliphatic rings. The third-order valence-corrected chi connectivity index (χ3v) is 12.5. The summed E-state index contributed by atoms with van der Waals surface area (Å²) < 4.78 is 0. The Kier molecular flexibility index (Phi) is 4.35. The molecule has 0 aliphatic heterocycles. The van der Waals surface area contributed by atoms with Crippen LogP contribution in [0.2, 0.25) is 0 Å². The Morgan fingerprint density at radius 2 is 1.18 bits per heavy atom. The van der Waals surface area contributed by atoms with E-state index >= 15 is 0 Å². The maximum Gasteiger partial charge on any atom is 0.00207 e. The molecule has 0 saturated heterocycles.